The number of halogens is 3. The van der Waals surface area contributed by atoms with E-state index in [2.05, 4.69) is 0 Å². The van der Waals surface area contributed by atoms with Crippen molar-refractivity contribution in [3.05, 3.63) is 59.7 Å². The number of rotatable bonds is 2. The second-order valence-corrected chi connectivity index (χ2v) is 7.91. The van der Waals surface area contributed by atoms with Crippen molar-refractivity contribution in [1.29, 1.82) is 0 Å². The van der Waals surface area contributed by atoms with Crippen LogP contribution in [0.3, 0.4) is 0 Å². The van der Waals surface area contributed by atoms with Crippen molar-refractivity contribution in [1.82, 2.24) is 0 Å². The molecule has 134 valence electrons. The Hall–Kier alpha value is -2.12. The summed E-state index contributed by atoms with van der Waals surface area (Å²) in [5.74, 6) is -2.45. The number of β-lactam (4-membered cyclic amide) rings is 1. The Balaban J connectivity index is 1.95. The molecule has 0 saturated carbocycles. The van der Waals surface area contributed by atoms with E-state index in [0.717, 1.165) is 11.8 Å². The van der Waals surface area contributed by atoms with Crippen molar-refractivity contribution in [2.75, 3.05) is 4.90 Å². The fraction of sp³-hybridized carbons (Fsp3) is 0.222. The van der Waals surface area contributed by atoms with Crippen LogP contribution in [0.1, 0.15) is 12.0 Å². The summed E-state index contributed by atoms with van der Waals surface area (Å²) in [5, 5.41) is 7.68. The Morgan fingerprint density at radius 2 is 1.85 bits per heavy atom. The number of hydrogen-bond donors (Lipinski definition) is 1. The molecule has 2 aromatic carbocycles. The third kappa shape index (κ3) is 2.34. The average Bonchev–Trinajstić information content (AvgIpc) is 2.75. The minimum atomic E-state index is -1.13. The summed E-state index contributed by atoms with van der Waals surface area (Å²) in [7, 11) is 0. The first kappa shape index (κ1) is 17.3. The summed E-state index contributed by atoms with van der Waals surface area (Å²) in [6, 6.07) is 9.36. The highest BCUT2D eigenvalue weighted by atomic mass is 35.5. The Labute approximate surface area is 156 Å². The predicted octanol–water partition coefficient (Wildman–Crippen LogP) is 3.76. The molecule has 2 aromatic rings. The quantitative estimate of drug-likeness (QED) is 0.621. The van der Waals surface area contributed by atoms with Crippen molar-refractivity contribution < 1.29 is 23.5 Å². The van der Waals surface area contributed by atoms with E-state index in [9.17, 15) is 23.5 Å². The Morgan fingerprint density at radius 3 is 2.50 bits per heavy atom. The van der Waals surface area contributed by atoms with Gasteiger partial charge in [0.25, 0.3) is 0 Å². The number of aliphatic carboxylic acids is 1. The van der Waals surface area contributed by atoms with Gasteiger partial charge < -0.3 is 5.11 Å². The lowest BCUT2D eigenvalue weighted by Gasteiger charge is -2.55. The summed E-state index contributed by atoms with van der Waals surface area (Å²) < 4.78 is 27.1. The third-order valence-corrected chi connectivity index (χ3v) is 6.59. The summed E-state index contributed by atoms with van der Waals surface area (Å²) in [5.41, 5.74) is -0.181. The van der Waals surface area contributed by atoms with Gasteiger partial charge in [-0.2, -0.15) is 0 Å². The topological polar surface area (TPSA) is 57.6 Å². The van der Waals surface area contributed by atoms with E-state index >= 15 is 0 Å². The fourth-order valence-electron chi connectivity index (χ4n) is 3.60. The number of benzene rings is 2. The summed E-state index contributed by atoms with van der Waals surface area (Å²) in [4.78, 5) is 26.1. The first-order chi connectivity index (χ1) is 12.3. The van der Waals surface area contributed by atoms with Crippen LogP contribution in [-0.2, 0) is 15.1 Å². The van der Waals surface area contributed by atoms with Crippen LogP contribution in [-0.4, -0.2) is 27.6 Å². The first-order valence-electron chi connectivity index (χ1n) is 7.78. The zero-order valence-corrected chi connectivity index (χ0v) is 14.7. The van der Waals surface area contributed by atoms with Gasteiger partial charge in [-0.3, -0.25) is 14.5 Å². The molecular weight excluding hydrogens is 384 g/mol. The summed E-state index contributed by atoms with van der Waals surface area (Å²) >= 11 is 7.37. The molecule has 0 bridgehead atoms. The minimum absolute atomic E-state index is 0.0227. The Kier molecular flexibility index (Phi) is 3.96. The molecule has 3 atom stereocenters. The SMILES string of the molecule is O=C(O)C1CC2(c3ccc(F)cc3)C(Cl)C(=O)N2c2ccc(F)cc2S1. The molecule has 0 aliphatic carbocycles. The molecule has 1 saturated heterocycles. The number of carboxylic acids is 1. The van der Waals surface area contributed by atoms with Crippen LogP contribution in [0.25, 0.3) is 0 Å². The molecule has 2 heterocycles. The Morgan fingerprint density at radius 1 is 1.19 bits per heavy atom. The van der Waals surface area contributed by atoms with Crippen LogP contribution in [0, 0.1) is 11.6 Å². The second-order valence-electron chi connectivity index (χ2n) is 6.23. The molecule has 26 heavy (non-hydrogen) atoms. The maximum Gasteiger partial charge on any atom is 0.317 e. The van der Waals surface area contributed by atoms with E-state index in [0.29, 0.717) is 16.1 Å². The van der Waals surface area contributed by atoms with Crippen LogP contribution in [0.4, 0.5) is 14.5 Å². The number of anilines is 1. The smallest absolute Gasteiger partial charge is 0.317 e. The molecule has 8 heteroatoms. The number of fused-ring (bicyclic) bond motifs is 3. The van der Waals surface area contributed by atoms with Gasteiger partial charge in [0.2, 0.25) is 5.91 Å². The highest BCUT2D eigenvalue weighted by molar-refractivity contribution is 8.00. The van der Waals surface area contributed by atoms with E-state index in [1.165, 1.54) is 47.4 Å². The number of amides is 1. The van der Waals surface area contributed by atoms with Crippen molar-refractivity contribution in [3.8, 4) is 0 Å². The molecule has 1 amide bonds. The predicted molar refractivity (Wildman–Crippen MR) is 93.5 cm³/mol. The van der Waals surface area contributed by atoms with Gasteiger partial charge in [-0.1, -0.05) is 12.1 Å². The third-order valence-electron chi connectivity index (χ3n) is 4.80. The molecule has 1 N–H and O–H groups in total. The van der Waals surface area contributed by atoms with Crippen molar-refractivity contribution in [3.63, 3.8) is 0 Å². The highest BCUT2D eigenvalue weighted by Gasteiger charge is 2.63. The van der Waals surface area contributed by atoms with Gasteiger partial charge in [0.1, 0.15) is 22.3 Å². The van der Waals surface area contributed by atoms with Crippen molar-refractivity contribution in [2.45, 2.75) is 27.5 Å². The summed E-state index contributed by atoms with van der Waals surface area (Å²) in [6.07, 6.45) is 0.0227. The van der Waals surface area contributed by atoms with Crippen LogP contribution < -0.4 is 4.90 Å². The molecule has 2 aliphatic heterocycles. The van der Waals surface area contributed by atoms with Gasteiger partial charge in [0.15, 0.2) is 0 Å². The number of hydrogen-bond acceptors (Lipinski definition) is 3. The lowest BCUT2D eigenvalue weighted by Crippen LogP contribution is -2.71. The lowest BCUT2D eigenvalue weighted by molar-refractivity contribution is -0.138. The first-order valence-corrected chi connectivity index (χ1v) is 9.09. The van der Waals surface area contributed by atoms with Gasteiger partial charge in [0, 0.05) is 11.3 Å². The number of carbonyl (C=O) groups excluding carboxylic acids is 1. The molecule has 0 aromatic heterocycles. The van der Waals surface area contributed by atoms with Crippen molar-refractivity contribution >= 4 is 40.9 Å². The standard InChI is InChI=1S/C18H12ClF2NO3S/c19-15-16(23)22-12-6-5-11(21)7-13(12)26-14(17(24)25)8-18(15,22)9-1-3-10(20)4-2-9/h1-7,14-15H,8H2,(H,24,25). The number of alkyl halides is 1. The largest absolute Gasteiger partial charge is 0.480 e. The maximum absolute atomic E-state index is 13.7. The zero-order valence-electron chi connectivity index (χ0n) is 13.2. The molecule has 4 nitrogen and oxygen atoms in total. The van der Waals surface area contributed by atoms with Gasteiger partial charge in [-0.15, -0.1) is 23.4 Å². The Bertz CT molecular complexity index is 923. The maximum atomic E-state index is 13.7. The van der Waals surface area contributed by atoms with Gasteiger partial charge in [-0.25, -0.2) is 8.78 Å². The second kappa shape index (κ2) is 5.96. The number of thioether (sulfide) groups is 1. The molecular formula is C18H12ClF2NO3S. The average molecular weight is 396 g/mol. The summed E-state index contributed by atoms with van der Waals surface area (Å²) in [6.45, 7) is 0. The molecule has 3 unspecified atom stereocenters. The number of nitrogens with zero attached hydrogens (tertiary/aromatic N) is 1. The zero-order chi connectivity index (χ0) is 18.6. The van der Waals surface area contributed by atoms with Crippen molar-refractivity contribution in [2.24, 2.45) is 0 Å². The van der Waals surface area contributed by atoms with Crippen LogP contribution in [0.2, 0.25) is 0 Å². The molecule has 1 fully saturated rings. The normalized spacial score (nSPS) is 27.2. The lowest BCUT2D eigenvalue weighted by atomic mass is 9.73. The van der Waals surface area contributed by atoms with Crippen LogP contribution in [0.15, 0.2) is 47.4 Å². The van der Waals surface area contributed by atoms with E-state index in [1.54, 1.807) is 0 Å². The molecule has 0 radical (unpaired) electrons. The van der Waals surface area contributed by atoms with E-state index in [-0.39, 0.29) is 6.42 Å². The van der Waals surface area contributed by atoms with E-state index < -0.39 is 39.7 Å². The monoisotopic (exact) mass is 395 g/mol. The van der Waals surface area contributed by atoms with Crippen LogP contribution in [0.5, 0.6) is 0 Å². The number of carboxylic acid groups (broad SMARTS) is 1. The minimum Gasteiger partial charge on any atom is -0.480 e. The van der Waals surface area contributed by atoms with E-state index in [1.807, 2.05) is 0 Å². The highest BCUT2D eigenvalue weighted by Crippen LogP contribution is 2.56. The number of carbonyl (C=O) groups is 2. The van der Waals surface area contributed by atoms with Gasteiger partial charge >= 0.3 is 5.97 Å². The van der Waals surface area contributed by atoms with Crippen LogP contribution >= 0.6 is 23.4 Å². The van der Waals surface area contributed by atoms with E-state index in [4.69, 9.17) is 11.6 Å². The molecule has 4 rings (SSSR count). The molecule has 2 aliphatic rings. The van der Waals surface area contributed by atoms with Gasteiger partial charge in [0.05, 0.1) is 11.2 Å². The molecule has 0 spiro atoms. The fourth-order valence-corrected chi connectivity index (χ4v) is 5.22. The van der Waals surface area contributed by atoms with Gasteiger partial charge in [-0.05, 0) is 35.9 Å².